The third kappa shape index (κ3) is 4.77. The quantitative estimate of drug-likeness (QED) is 0.561. The summed E-state index contributed by atoms with van der Waals surface area (Å²) in [4.78, 5) is 4.08. The SMILES string of the molecule is NC(=NCC(O)c1cc(F)cc(Cl)c1)Nc1ccc2c(c1)OCCCO2. The molecule has 1 atom stereocenters. The Kier molecular flexibility index (Phi) is 5.80. The van der Waals surface area contributed by atoms with Crippen molar-refractivity contribution >= 4 is 23.2 Å². The van der Waals surface area contributed by atoms with E-state index in [0.29, 0.717) is 36.0 Å². The van der Waals surface area contributed by atoms with Crippen LogP contribution < -0.4 is 20.5 Å². The lowest BCUT2D eigenvalue weighted by molar-refractivity contribution is 0.187. The number of nitrogens with two attached hydrogens (primary N) is 1. The van der Waals surface area contributed by atoms with Crippen molar-refractivity contribution in [2.75, 3.05) is 25.1 Å². The molecule has 26 heavy (non-hydrogen) atoms. The van der Waals surface area contributed by atoms with Crippen molar-refractivity contribution in [3.8, 4) is 11.5 Å². The maximum Gasteiger partial charge on any atom is 0.193 e. The van der Waals surface area contributed by atoms with Crippen LogP contribution in [0.3, 0.4) is 0 Å². The number of nitrogens with zero attached hydrogens (tertiary/aromatic N) is 1. The summed E-state index contributed by atoms with van der Waals surface area (Å²) in [6.45, 7) is 1.16. The van der Waals surface area contributed by atoms with Gasteiger partial charge in [-0.05, 0) is 35.9 Å². The fourth-order valence-corrected chi connectivity index (χ4v) is 2.72. The summed E-state index contributed by atoms with van der Waals surface area (Å²) >= 11 is 5.79. The molecule has 1 heterocycles. The van der Waals surface area contributed by atoms with Crippen molar-refractivity contribution in [2.45, 2.75) is 12.5 Å². The van der Waals surface area contributed by atoms with Crippen LogP contribution in [-0.4, -0.2) is 30.8 Å². The second-order valence-corrected chi connectivity index (χ2v) is 6.22. The first kappa shape index (κ1) is 18.3. The predicted octanol–water partition coefficient (Wildman–Crippen LogP) is 3.10. The van der Waals surface area contributed by atoms with Gasteiger partial charge in [-0.2, -0.15) is 0 Å². The van der Waals surface area contributed by atoms with Gasteiger partial charge in [-0.15, -0.1) is 0 Å². The van der Waals surface area contributed by atoms with Gasteiger partial charge in [0.15, 0.2) is 17.5 Å². The van der Waals surface area contributed by atoms with Crippen LogP contribution in [0.1, 0.15) is 18.1 Å². The van der Waals surface area contributed by atoms with E-state index in [-0.39, 0.29) is 17.5 Å². The van der Waals surface area contributed by atoms with Gasteiger partial charge in [0.2, 0.25) is 0 Å². The minimum atomic E-state index is -1.02. The molecule has 0 saturated heterocycles. The molecule has 1 unspecified atom stereocenters. The molecule has 0 radical (unpaired) electrons. The lowest BCUT2D eigenvalue weighted by Crippen LogP contribution is -2.23. The van der Waals surface area contributed by atoms with Crippen LogP contribution in [0, 0.1) is 5.82 Å². The van der Waals surface area contributed by atoms with Gasteiger partial charge in [0, 0.05) is 23.2 Å². The van der Waals surface area contributed by atoms with E-state index in [0.717, 1.165) is 6.42 Å². The third-order valence-electron chi connectivity index (χ3n) is 3.72. The molecule has 2 aromatic rings. The molecule has 0 bridgehead atoms. The highest BCUT2D eigenvalue weighted by Crippen LogP contribution is 2.32. The Hall–Kier alpha value is -2.51. The maximum atomic E-state index is 13.4. The summed E-state index contributed by atoms with van der Waals surface area (Å²) < 4.78 is 24.5. The zero-order valence-corrected chi connectivity index (χ0v) is 14.7. The van der Waals surface area contributed by atoms with Crippen molar-refractivity contribution < 1.29 is 19.0 Å². The van der Waals surface area contributed by atoms with Gasteiger partial charge in [0.05, 0.1) is 25.9 Å². The number of ether oxygens (including phenoxy) is 2. The number of guanidine groups is 1. The first-order chi connectivity index (χ1) is 12.5. The number of aliphatic imine (C=N–C) groups is 1. The summed E-state index contributed by atoms with van der Waals surface area (Å²) in [6.07, 6.45) is -0.199. The highest BCUT2D eigenvalue weighted by Gasteiger charge is 2.12. The molecule has 1 aliphatic heterocycles. The van der Waals surface area contributed by atoms with Crippen molar-refractivity contribution in [3.63, 3.8) is 0 Å². The van der Waals surface area contributed by atoms with Gasteiger partial charge >= 0.3 is 0 Å². The predicted molar refractivity (Wildman–Crippen MR) is 98.5 cm³/mol. The molecule has 0 amide bonds. The summed E-state index contributed by atoms with van der Waals surface area (Å²) in [7, 11) is 0. The molecule has 2 aromatic carbocycles. The first-order valence-electron chi connectivity index (χ1n) is 8.12. The van der Waals surface area contributed by atoms with Crippen LogP contribution in [0.5, 0.6) is 11.5 Å². The molecule has 3 rings (SSSR count). The Morgan fingerprint density at radius 1 is 1.23 bits per heavy atom. The van der Waals surface area contributed by atoms with Crippen LogP contribution in [-0.2, 0) is 0 Å². The van der Waals surface area contributed by atoms with E-state index in [1.54, 1.807) is 18.2 Å². The monoisotopic (exact) mass is 379 g/mol. The smallest absolute Gasteiger partial charge is 0.193 e. The van der Waals surface area contributed by atoms with Gasteiger partial charge < -0.3 is 25.6 Å². The molecule has 0 saturated carbocycles. The van der Waals surface area contributed by atoms with Crippen molar-refractivity contribution in [3.05, 3.63) is 52.8 Å². The molecule has 6 nitrogen and oxygen atoms in total. The van der Waals surface area contributed by atoms with E-state index in [2.05, 4.69) is 10.3 Å². The Bertz CT molecular complexity index is 796. The van der Waals surface area contributed by atoms with Gasteiger partial charge in [0.25, 0.3) is 0 Å². The lowest BCUT2D eigenvalue weighted by Gasteiger charge is -2.12. The molecule has 0 fully saturated rings. The number of fused-ring (bicyclic) bond motifs is 1. The Morgan fingerprint density at radius 3 is 2.77 bits per heavy atom. The van der Waals surface area contributed by atoms with E-state index in [1.807, 2.05) is 0 Å². The number of aliphatic hydroxyl groups excluding tert-OH is 1. The Morgan fingerprint density at radius 2 is 2.00 bits per heavy atom. The Balaban J connectivity index is 1.64. The second kappa shape index (κ2) is 8.25. The van der Waals surface area contributed by atoms with Gasteiger partial charge in [-0.25, -0.2) is 4.39 Å². The number of anilines is 1. The zero-order chi connectivity index (χ0) is 18.5. The second-order valence-electron chi connectivity index (χ2n) is 5.78. The molecular formula is C18H19ClFN3O3. The van der Waals surface area contributed by atoms with Crippen LogP contribution in [0.25, 0.3) is 0 Å². The number of hydrogen-bond acceptors (Lipinski definition) is 4. The van der Waals surface area contributed by atoms with Gasteiger partial charge in [-0.3, -0.25) is 4.99 Å². The van der Waals surface area contributed by atoms with Crippen molar-refractivity contribution in [2.24, 2.45) is 10.7 Å². The number of benzene rings is 2. The van der Waals surface area contributed by atoms with Crippen LogP contribution in [0.15, 0.2) is 41.4 Å². The van der Waals surface area contributed by atoms with Crippen LogP contribution >= 0.6 is 11.6 Å². The van der Waals surface area contributed by atoms with E-state index in [9.17, 15) is 9.50 Å². The Labute approximate surface area is 155 Å². The normalized spacial score (nSPS) is 15.3. The fraction of sp³-hybridized carbons (Fsp3) is 0.278. The number of rotatable bonds is 4. The third-order valence-corrected chi connectivity index (χ3v) is 3.94. The van der Waals surface area contributed by atoms with E-state index < -0.39 is 11.9 Å². The summed E-state index contributed by atoms with van der Waals surface area (Å²) in [5.41, 5.74) is 6.87. The average Bonchev–Trinajstić information content (AvgIpc) is 2.83. The topological polar surface area (TPSA) is 89.1 Å². The standard InChI is InChI=1S/C18H19ClFN3O3/c19-12-6-11(7-13(20)8-12)15(24)10-22-18(21)23-14-2-3-16-17(9-14)26-5-1-4-25-16/h2-3,6-9,15,24H,1,4-5,10H2,(H3,21,22,23). The van der Waals surface area contributed by atoms with E-state index in [1.165, 1.54) is 18.2 Å². The number of nitrogens with one attached hydrogen (secondary N) is 1. The molecule has 0 spiro atoms. The van der Waals surface area contributed by atoms with Crippen molar-refractivity contribution in [1.29, 1.82) is 0 Å². The zero-order valence-electron chi connectivity index (χ0n) is 13.9. The van der Waals surface area contributed by atoms with Gasteiger partial charge in [-0.1, -0.05) is 11.6 Å². The number of hydrogen-bond donors (Lipinski definition) is 3. The molecule has 138 valence electrons. The summed E-state index contributed by atoms with van der Waals surface area (Å²) in [5, 5.41) is 13.3. The molecule has 0 aliphatic carbocycles. The first-order valence-corrected chi connectivity index (χ1v) is 8.50. The fourth-order valence-electron chi connectivity index (χ4n) is 2.49. The number of aliphatic hydroxyl groups is 1. The minimum Gasteiger partial charge on any atom is -0.490 e. The highest BCUT2D eigenvalue weighted by atomic mass is 35.5. The summed E-state index contributed by atoms with van der Waals surface area (Å²) in [6, 6.07) is 9.21. The number of halogens is 2. The molecule has 8 heteroatoms. The lowest BCUT2D eigenvalue weighted by atomic mass is 10.1. The largest absolute Gasteiger partial charge is 0.490 e. The molecule has 4 N–H and O–H groups in total. The van der Waals surface area contributed by atoms with Crippen LogP contribution in [0.4, 0.5) is 10.1 Å². The molecule has 1 aliphatic rings. The average molecular weight is 380 g/mol. The summed E-state index contributed by atoms with van der Waals surface area (Å²) in [5.74, 6) is 0.909. The van der Waals surface area contributed by atoms with E-state index >= 15 is 0 Å². The van der Waals surface area contributed by atoms with Crippen LogP contribution in [0.2, 0.25) is 5.02 Å². The van der Waals surface area contributed by atoms with E-state index in [4.69, 9.17) is 26.8 Å². The van der Waals surface area contributed by atoms with Gasteiger partial charge in [0.1, 0.15) is 5.82 Å². The molecule has 0 aromatic heterocycles. The highest BCUT2D eigenvalue weighted by molar-refractivity contribution is 6.30. The maximum absolute atomic E-state index is 13.4. The minimum absolute atomic E-state index is 0.0385. The van der Waals surface area contributed by atoms with Crippen molar-refractivity contribution in [1.82, 2.24) is 0 Å². The molecular weight excluding hydrogens is 361 g/mol.